The van der Waals surface area contributed by atoms with Crippen molar-refractivity contribution in [2.75, 3.05) is 0 Å². The van der Waals surface area contributed by atoms with Crippen molar-refractivity contribution in [3.05, 3.63) is 65.7 Å². The van der Waals surface area contributed by atoms with Gasteiger partial charge in [0.25, 0.3) is 0 Å². The van der Waals surface area contributed by atoms with Gasteiger partial charge in [-0.15, -0.1) is 11.8 Å². The Morgan fingerprint density at radius 3 is 2.44 bits per heavy atom. The van der Waals surface area contributed by atoms with E-state index in [1.54, 1.807) is 18.2 Å². The van der Waals surface area contributed by atoms with E-state index in [0.29, 0.717) is 4.90 Å². The molecule has 25 heavy (non-hydrogen) atoms. The molecule has 1 aliphatic rings. The summed E-state index contributed by atoms with van der Waals surface area (Å²) >= 11 is 1.14. The van der Waals surface area contributed by atoms with E-state index in [2.05, 4.69) is 0 Å². The number of aromatic carboxylic acids is 1. The van der Waals surface area contributed by atoms with Crippen LogP contribution in [-0.4, -0.2) is 33.0 Å². The Kier molecular flexibility index (Phi) is 4.90. The number of thioether (sulfide) groups is 1. The monoisotopic (exact) mass is 355 g/mol. The fourth-order valence-corrected chi connectivity index (χ4v) is 4.09. The topological polar surface area (TPSA) is 74.7 Å². The van der Waals surface area contributed by atoms with E-state index in [-0.39, 0.29) is 29.8 Å². The summed E-state index contributed by atoms with van der Waals surface area (Å²) < 4.78 is 0. The second-order valence-corrected chi connectivity index (χ2v) is 7.05. The van der Waals surface area contributed by atoms with Gasteiger partial charge in [-0.25, -0.2) is 4.79 Å². The molecular weight excluding hydrogens is 338 g/mol. The zero-order valence-electron chi connectivity index (χ0n) is 13.6. The highest BCUT2D eigenvalue weighted by molar-refractivity contribution is 8.00. The van der Waals surface area contributed by atoms with Gasteiger partial charge in [-0.3, -0.25) is 14.5 Å². The number of hydrogen-bond donors (Lipinski definition) is 1. The SMILES string of the molecule is C[C@@H](c1ccccc1)N1C(=O)C[C@H](Sc2ccccc2C(=O)O)C1=O. The van der Waals surface area contributed by atoms with Crippen molar-refractivity contribution < 1.29 is 19.5 Å². The van der Waals surface area contributed by atoms with Crippen molar-refractivity contribution >= 4 is 29.5 Å². The molecule has 0 unspecified atom stereocenters. The molecular formula is C19H17NO4S. The largest absolute Gasteiger partial charge is 0.478 e. The average Bonchev–Trinajstić information content (AvgIpc) is 2.89. The van der Waals surface area contributed by atoms with Crippen LogP contribution in [-0.2, 0) is 9.59 Å². The first-order chi connectivity index (χ1) is 12.0. The van der Waals surface area contributed by atoms with Gasteiger partial charge in [0, 0.05) is 11.3 Å². The number of nitrogens with zero attached hydrogens (tertiary/aromatic N) is 1. The van der Waals surface area contributed by atoms with E-state index < -0.39 is 11.2 Å². The molecule has 2 amide bonds. The Bertz CT molecular complexity index is 821. The van der Waals surface area contributed by atoms with Gasteiger partial charge < -0.3 is 5.11 Å². The lowest BCUT2D eigenvalue weighted by atomic mass is 10.1. The second-order valence-electron chi connectivity index (χ2n) is 5.80. The van der Waals surface area contributed by atoms with E-state index in [1.165, 1.54) is 11.0 Å². The summed E-state index contributed by atoms with van der Waals surface area (Å²) in [6, 6.07) is 15.5. The molecule has 1 heterocycles. The minimum atomic E-state index is -1.05. The number of carbonyl (C=O) groups is 3. The Hall–Kier alpha value is -2.60. The summed E-state index contributed by atoms with van der Waals surface area (Å²) in [5.41, 5.74) is 1.03. The van der Waals surface area contributed by atoms with Gasteiger partial charge in [-0.1, -0.05) is 42.5 Å². The molecule has 6 heteroatoms. The fraction of sp³-hybridized carbons (Fsp3) is 0.211. The number of rotatable bonds is 5. The number of benzene rings is 2. The summed E-state index contributed by atoms with van der Waals surface area (Å²) in [5, 5.41) is 8.67. The Labute approximate surface area is 149 Å². The molecule has 0 radical (unpaired) electrons. The fourth-order valence-electron chi connectivity index (χ4n) is 2.90. The summed E-state index contributed by atoms with van der Waals surface area (Å²) in [4.78, 5) is 38.3. The van der Waals surface area contributed by atoms with Crippen LogP contribution < -0.4 is 0 Å². The van der Waals surface area contributed by atoms with Crippen molar-refractivity contribution in [2.45, 2.75) is 29.5 Å². The molecule has 1 aliphatic heterocycles. The quantitative estimate of drug-likeness (QED) is 0.833. The van der Waals surface area contributed by atoms with Gasteiger partial charge >= 0.3 is 5.97 Å². The van der Waals surface area contributed by atoms with Crippen LogP contribution in [0.5, 0.6) is 0 Å². The third kappa shape index (κ3) is 3.44. The third-order valence-corrected chi connectivity index (χ3v) is 5.46. The van der Waals surface area contributed by atoms with Crippen LogP contribution in [0.15, 0.2) is 59.5 Å². The van der Waals surface area contributed by atoms with E-state index in [4.69, 9.17) is 0 Å². The molecule has 128 valence electrons. The highest BCUT2D eigenvalue weighted by Gasteiger charge is 2.42. The highest BCUT2D eigenvalue weighted by atomic mass is 32.2. The maximum absolute atomic E-state index is 12.8. The lowest BCUT2D eigenvalue weighted by molar-refractivity contribution is -0.140. The van der Waals surface area contributed by atoms with Crippen molar-refractivity contribution in [1.82, 2.24) is 4.90 Å². The van der Waals surface area contributed by atoms with E-state index in [1.807, 2.05) is 37.3 Å². The van der Waals surface area contributed by atoms with Gasteiger partial charge in [-0.2, -0.15) is 0 Å². The average molecular weight is 355 g/mol. The molecule has 0 spiro atoms. The maximum atomic E-state index is 12.8. The zero-order chi connectivity index (χ0) is 18.0. The molecule has 1 N–H and O–H groups in total. The smallest absolute Gasteiger partial charge is 0.336 e. The van der Waals surface area contributed by atoms with Crippen LogP contribution in [0.1, 0.15) is 35.3 Å². The first-order valence-corrected chi connectivity index (χ1v) is 8.77. The lowest BCUT2D eigenvalue weighted by Crippen LogP contribution is -2.33. The van der Waals surface area contributed by atoms with E-state index in [0.717, 1.165) is 17.3 Å². The minimum Gasteiger partial charge on any atom is -0.478 e. The van der Waals surface area contributed by atoms with E-state index >= 15 is 0 Å². The van der Waals surface area contributed by atoms with Crippen molar-refractivity contribution in [3.63, 3.8) is 0 Å². The molecule has 0 saturated carbocycles. The highest BCUT2D eigenvalue weighted by Crippen LogP contribution is 2.36. The number of amides is 2. The van der Waals surface area contributed by atoms with Gasteiger partial charge in [0.15, 0.2) is 0 Å². The molecule has 1 fully saturated rings. The molecule has 3 rings (SSSR count). The van der Waals surface area contributed by atoms with Crippen LogP contribution in [0.2, 0.25) is 0 Å². The maximum Gasteiger partial charge on any atom is 0.336 e. The van der Waals surface area contributed by atoms with Gasteiger partial charge in [0.05, 0.1) is 16.9 Å². The number of carboxylic acid groups (broad SMARTS) is 1. The third-order valence-electron chi connectivity index (χ3n) is 4.20. The number of carboxylic acids is 1. The first kappa shape index (κ1) is 17.2. The Balaban J connectivity index is 1.81. The standard InChI is InChI=1S/C19H17NO4S/c1-12(13-7-3-2-4-8-13)20-17(21)11-16(18(20)22)25-15-10-6-5-9-14(15)19(23)24/h2-10,12,16H,11H2,1H3,(H,23,24)/t12-,16-/m0/s1. The molecule has 0 aromatic heterocycles. The molecule has 1 saturated heterocycles. The Morgan fingerprint density at radius 2 is 1.76 bits per heavy atom. The Morgan fingerprint density at radius 1 is 1.12 bits per heavy atom. The van der Waals surface area contributed by atoms with E-state index in [9.17, 15) is 19.5 Å². The molecule has 0 bridgehead atoms. The summed E-state index contributed by atoms with van der Waals surface area (Å²) in [7, 11) is 0. The number of hydrogen-bond acceptors (Lipinski definition) is 4. The lowest BCUT2D eigenvalue weighted by Gasteiger charge is -2.23. The van der Waals surface area contributed by atoms with Crippen molar-refractivity contribution in [2.24, 2.45) is 0 Å². The summed E-state index contributed by atoms with van der Waals surface area (Å²) in [6.07, 6.45) is 0.0780. The predicted molar refractivity (Wildman–Crippen MR) is 94.4 cm³/mol. The normalized spacial score (nSPS) is 18.4. The first-order valence-electron chi connectivity index (χ1n) is 7.89. The van der Waals surface area contributed by atoms with Crippen LogP contribution >= 0.6 is 11.8 Å². The van der Waals surface area contributed by atoms with Gasteiger partial charge in [0.1, 0.15) is 0 Å². The zero-order valence-corrected chi connectivity index (χ0v) is 14.4. The molecule has 2 atom stereocenters. The molecule has 0 aliphatic carbocycles. The molecule has 2 aromatic rings. The van der Waals surface area contributed by atoms with Crippen LogP contribution in [0.4, 0.5) is 0 Å². The molecule has 2 aromatic carbocycles. The number of imide groups is 1. The number of likely N-dealkylation sites (tertiary alicyclic amines) is 1. The van der Waals surface area contributed by atoms with Crippen LogP contribution in [0.3, 0.4) is 0 Å². The van der Waals surface area contributed by atoms with Gasteiger partial charge in [-0.05, 0) is 24.6 Å². The predicted octanol–water partition coefficient (Wildman–Crippen LogP) is 3.37. The summed E-state index contributed by atoms with van der Waals surface area (Å²) in [6.45, 7) is 1.82. The van der Waals surface area contributed by atoms with Crippen LogP contribution in [0.25, 0.3) is 0 Å². The minimum absolute atomic E-state index is 0.0780. The van der Waals surface area contributed by atoms with Crippen LogP contribution in [0, 0.1) is 0 Å². The van der Waals surface area contributed by atoms with Crippen molar-refractivity contribution in [1.29, 1.82) is 0 Å². The van der Waals surface area contributed by atoms with Crippen molar-refractivity contribution in [3.8, 4) is 0 Å². The summed E-state index contributed by atoms with van der Waals surface area (Å²) in [5.74, 6) is -1.55. The number of carbonyl (C=O) groups excluding carboxylic acids is 2. The van der Waals surface area contributed by atoms with Gasteiger partial charge in [0.2, 0.25) is 11.8 Å². The second kappa shape index (κ2) is 7.11. The molecule has 5 nitrogen and oxygen atoms in total.